The van der Waals surface area contributed by atoms with Crippen LogP contribution in [0.3, 0.4) is 0 Å². The lowest BCUT2D eigenvalue weighted by Crippen LogP contribution is -2.41. The summed E-state index contributed by atoms with van der Waals surface area (Å²) in [6.45, 7) is 9.62. The molecule has 0 aliphatic carbocycles. The largest absolute Gasteiger partial charge is 0.494 e. The molecule has 0 radical (unpaired) electrons. The molecule has 3 rings (SSSR count). The molecular weight excluding hydrogens is 267 g/mol. The molecule has 0 unspecified atom stereocenters. The van der Waals surface area contributed by atoms with Crippen LogP contribution in [0.25, 0.3) is 5.52 Å². The number of fused-ring (bicyclic) bond motifs is 1. The highest BCUT2D eigenvalue weighted by atomic mass is 16.7. The minimum absolute atomic E-state index is 0.00364. The summed E-state index contributed by atoms with van der Waals surface area (Å²) in [4.78, 5) is 11.6. The summed E-state index contributed by atoms with van der Waals surface area (Å²) in [5, 5.41) is 4.18. The summed E-state index contributed by atoms with van der Waals surface area (Å²) in [6, 6.07) is 3.82. The van der Waals surface area contributed by atoms with Crippen LogP contribution in [0.1, 0.15) is 45.0 Å². The maximum atomic E-state index is 11.6. The summed E-state index contributed by atoms with van der Waals surface area (Å²) >= 11 is 0. The maximum Gasteiger partial charge on any atom is 0.494 e. The van der Waals surface area contributed by atoms with Crippen molar-refractivity contribution in [2.45, 2.75) is 45.8 Å². The van der Waals surface area contributed by atoms with Gasteiger partial charge in [-0.25, -0.2) is 4.52 Å². The fourth-order valence-electron chi connectivity index (χ4n) is 2.39. The van der Waals surface area contributed by atoms with Gasteiger partial charge in [-0.1, -0.05) is 0 Å². The van der Waals surface area contributed by atoms with Crippen LogP contribution in [0.5, 0.6) is 0 Å². The molecule has 0 saturated carbocycles. The van der Waals surface area contributed by atoms with Crippen molar-refractivity contribution >= 4 is 23.9 Å². The number of hydrogen-bond donors (Lipinski definition) is 0. The zero-order valence-corrected chi connectivity index (χ0v) is 13.0. The Labute approximate surface area is 124 Å². The van der Waals surface area contributed by atoms with Gasteiger partial charge in [0.1, 0.15) is 0 Å². The first kappa shape index (κ1) is 14.3. The molecule has 3 heterocycles. The number of rotatable bonds is 2. The summed E-state index contributed by atoms with van der Waals surface area (Å²) in [7, 11) is -0.435. The Bertz CT molecular complexity index is 705. The standard InChI is InChI=1S/C15H19BN2O3/c1-10(19)12-9-17-18-7-6-11(8-13(12)18)16-20-14(2,3)15(4,5)21-16/h6-9H,1-5H3. The minimum Gasteiger partial charge on any atom is -0.399 e. The van der Waals surface area contributed by atoms with E-state index < -0.39 is 7.12 Å². The molecule has 0 aromatic carbocycles. The van der Waals surface area contributed by atoms with Gasteiger partial charge in [-0.2, -0.15) is 5.10 Å². The molecule has 0 atom stereocenters. The summed E-state index contributed by atoms with van der Waals surface area (Å²) in [5.41, 5.74) is 1.51. The van der Waals surface area contributed by atoms with Crippen molar-refractivity contribution < 1.29 is 14.1 Å². The van der Waals surface area contributed by atoms with Gasteiger partial charge in [-0.3, -0.25) is 4.79 Å². The van der Waals surface area contributed by atoms with E-state index in [0.29, 0.717) is 5.56 Å². The van der Waals surface area contributed by atoms with Crippen molar-refractivity contribution in [2.75, 3.05) is 0 Å². The molecule has 1 fully saturated rings. The molecule has 110 valence electrons. The zero-order chi connectivity index (χ0) is 15.4. The Kier molecular flexibility index (Phi) is 3.01. The fraction of sp³-hybridized carbons (Fsp3) is 0.467. The van der Waals surface area contributed by atoms with Crippen molar-refractivity contribution in [1.29, 1.82) is 0 Å². The van der Waals surface area contributed by atoms with Crippen molar-refractivity contribution in [2.24, 2.45) is 0 Å². The summed E-state index contributed by atoms with van der Waals surface area (Å²) in [5.74, 6) is -0.00364. The Morgan fingerprint density at radius 2 is 1.86 bits per heavy atom. The van der Waals surface area contributed by atoms with Gasteiger partial charge in [0.25, 0.3) is 0 Å². The lowest BCUT2D eigenvalue weighted by Gasteiger charge is -2.32. The first-order valence-corrected chi connectivity index (χ1v) is 7.05. The number of carbonyl (C=O) groups excluding carboxylic acids is 1. The summed E-state index contributed by atoms with van der Waals surface area (Å²) < 4.78 is 13.8. The Hall–Kier alpha value is -1.66. The number of aromatic nitrogens is 2. The number of carbonyl (C=O) groups is 1. The number of ketones is 1. The second-order valence-corrected chi connectivity index (χ2v) is 6.49. The van der Waals surface area contributed by atoms with Crippen LogP contribution >= 0.6 is 0 Å². The van der Waals surface area contributed by atoms with Crippen molar-refractivity contribution in [1.82, 2.24) is 9.61 Å². The predicted molar refractivity (Wildman–Crippen MR) is 80.9 cm³/mol. The van der Waals surface area contributed by atoms with Gasteiger partial charge in [0.2, 0.25) is 0 Å². The zero-order valence-electron chi connectivity index (χ0n) is 13.0. The van der Waals surface area contributed by atoms with Gasteiger partial charge < -0.3 is 9.31 Å². The van der Waals surface area contributed by atoms with Crippen molar-refractivity contribution in [3.05, 3.63) is 30.1 Å². The van der Waals surface area contributed by atoms with Crippen LogP contribution in [-0.2, 0) is 9.31 Å². The Balaban J connectivity index is 2.03. The molecule has 0 N–H and O–H groups in total. The predicted octanol–water partition coefficient (Wildman–Crippen LogP) is 1.84. The second kappa shape index (κ2) is 4.42. The SMILES string of the molecule is CC(=O)c1cnn2ccc(B3OC(C)(C)C(C)(C)O3)cc12. The molecule has 1 saturated heterocycles. The summed E-state index contributed by atoms with van der Waals surface area (Å²) in [6.07, 6.45) is 3.41. The van der Waals surface area contributed by atoms with Crippen molar-refractivity contribution in [3.8, 4) is 0 Å². The van der Waals surface area contributed by atoms with Crippen LogP contribution in [0.2, 0.25) is 0 Å². The Morgan fingerprint density at radius 3 is 2.43 bits per heavy atom. The third kappa shape index (κ3) is 2.19. The second-order valence-electron chi connectivity index (χ2n) is 6.49. The van der Waals surface area contributed by atoms with Gasteiger partial charge in [-0.15, -0.1) is 0 Å². The number of pyridine rings is 1. The van der Waals surface area contributed by atoms with Gasteiger partial charge in [0.15, 0.2) is 5.78 Å². The number of Topliss-reactive ketones (excluding diaryl/α,β-unsaturated/α-hetero) is 1. The highest BCUT2D eigenvalue weighted by molar-refractivity contribution is 6.62. The van der Waals surface area contributed by atoms with Crippen LogP contribution in [0, 0.1) is 0 Å². The molecule has 6 heteroatoms. The average Bonchev–Trinajstić information content (AvgIpc) is 2.87. The fourth-order valence-corrected chi connectivity index (χ4v) is 2.39. The van der Waals surface area contributed by atoms with Gasteiger partial charge in [0, 0.05) is 6.20 Å². The quantitative estimate of drug-likeness (QED) is 0.624. The highest BCUT2D eigenvalue weighted by Gasteiger charge is 2.51. The van der Waals surface area contributed by atoms with Gasteiger partial charge >= 0.3 is 7.12 Å². The Morgan fingerprint density at radius 1 is 1.24 bits per heavy atom. The molecule has 21 heavy (non-hydrogen) atoms. The van der Waals surface area contributed by atoms with Gasteiger partial charge in [-0.05, 0) is 52.2 Å². The lowest BCUT2D eigenvalue weighted by molar-refractivity contribution is 0.00578. The van der Waals surface area contributed by atoms with Crippen LogP contribution in [-0.4, -0.2) is 33.7 Å². The highest BCUT2D eigenvalue weighted by Crippen LogP contribution is 2.36. The number of hydrogen-bond acceptors (Lipinski definition) is 4. The molecule has 0 amide bonds. The third-order valence-electron chi connectivity index (χ3n) is 4.45. The molecule has 5 nitrogen and oxygen atoms in total. The topological polar surface area (TPSA) is 52.8 Å². The smallest absolute Gasteiger partial charge is 0.399 e. The molecular formula is C15H19BN2O3. The molecule has 1 aliphatic heterocycles. The van der Waals surface area contributed by atoms with E-state index in [1.165, 1.54) is 0 Å². The van der Waals surface area contributed by atoms with E-state index in [9.17, 15) is 4.79 Å². The van der Waals surface area contributed by atoms with Gasteiger partial charge in [0.05, 0.1) is 28.5 Å². The molecule has 2 aromatic heterocycles. The average molecular weight is 286 g/mol. The molecule has 1 aliphatic rings. The van der Waals surface area contributed by atoms with E-state index in [1.807, 2.05) is 46.0 Å². The van der Waals surface area contributed by atoms with E-state index in [4.69, 9.17) is 9.31 Å². The first-order chi connectivity index (χ1) is 9.71. The van der Waals surface area contributed by atoms with Crippen LogP contribution < -0.4 is 5.46 Å². The molecule has 0 spiro atoms. The monoisotopic (exact) mass is 286 g/mol. The van der Waals surface area contributed by atoms with Crippen molar-refractivity contribution in [3.63, 3.8) is 0 Å². The number of nitrogens with zero attached hydrogens (tertiary/aromatic N) is 2. The van der Waals surface area contributed by atoms with E-state index in [1.54, 1.807) is 17.6 Å². The maximum absolute atomic E-state index is 11.6. The molecule has 0 bridgehead atoms. The normalized spacial score (nSPS) is 20.1. The van der Waals surface area contributed by atoms with E-state index in [0.717, 1.165) is 11.0 Å². The third-order valence-corrected chi connectivity index (χ3v) is 4.45. The molecule has 2 aromatic rings. The van der Waals surface area contributed by atoms with E-state index in [2.05, 4.69) is 5.10 Å². The van der Waals surface area contributed by atoms with Crippen LogP contribution in [0.4, 0.5) is 0 Å². The minimum atomic E-state index is -0.435. The first-order valence-electron chi connectivity index (χ1n) is 7.05. The van der Waals surface area contributed by atoms with Crippen LogP contribution in [0.15, 0.2) is 24.5 Å². The lowest BCUT2D eigenvalue weighted by atomic mass is 9.79. The van der Waals surface area contributed by atoms with E-state index >= 15 is 0 Å². The van der Waals surface area contributed by atoms with E-state index in [-0.39, 0.29) is 17.0 Å².